The van der Waals surface area contributed by atoms with E-state index >= 15 is 0 Å². The van der Waals surface area contributed by atoms with Gasteiger partial charge in [-0.15, -0.1) is 0 Å². The normalized spacial score (nSPS) is 24.1. The van der Waals surface area contributed by atoms with E-state index in [-0.39, 0.29) is 0 Å². The standard InChI is InChI=1S/C7H16N2O2S/c8-3-4-9-7-1-5-12(10,11)6-2-7/h7,9H,1-6,8H2. The summed E-state index contributed by atoms with van der Waals surface area (Å²) >= 11 is 0. The lowest BCUT2D eigenvalue weighted by Gasteiger charge is -2.22. The van der Waals surface area contributed by atoms with Crippen LogP contribution in [-0.4, -0.2) is 39.1 Å². The molecule has 0 saturated carbocycles. The third kappa shape index (κ3) is 3.08. The van der Waals surface area contributed by atoms with Crippen LogP contribution in [0.25, 0.3) is 0 Å². The molecule has 72 valence electrons. The Morgan fingerprint density at radius 1 is 1.33 bits per heavy atom. The highest BCUT2D eigenvalue weighted by Gasteiger charge is 2.22. The van der Waals surface area contributed by atoms with E-state index in [0.29, 0.717) is 24.1 Å². The molecule has 3 N–H and O–H groups in total. The molecule has 1 rings (SSSR count). The molecule has 0 aromatic rings. The smallest absolute Gasteiger partial charge is 0.150 e. The molecule has 0 unspecified atom stereocenters. The largest absolute Gasteiger partial charge is 0.329 e. The average Bonchev–Trinajstić information content (AvgIpc) is 2.03. The molecule has 0 aliphatic carbocycles. The van der Waals surface area contributed by atoms with Crippen molar-refractivity contribution < 1.29 is 8.42 Å². The Morgan fingerprint density at radius 2 is 1.92 bits per heavy atom. The number of sulfone groups is 1. The first-order valence-electron chi connectivity index (χ1n) is 4.28. The molecule has 1 fully saturated rings. The zero-order valence-electron chi connectivity index (χ0n) is 7.12. The van der Waals surface area contributed by atoms with Crippen LogP contribution in [0, 0.1) is 0 Å². The zero-order valence-corrected chi connectivity index (χ0v) is 7.94. The van der Waals surface area contributed by atoms with Gasteiger partial charge in [0.25, 0.3) is 0 Å². The molecular weight excluding hydrogens is 176 g/mol. The van der Waals surface area contributed by atoms with Gasteiger partial charge < -0.3 is 11.1 Å². The summed E-state index contributed by atoms with van der Waals surface area (Å²) < 4.78 is 22.0. The van der Waals surface area contributed by atoms with Crippen LogP contribution in [0.15, 0.2) is 0 Å². The Balaban J connectivity index is 2.27. The lowest BCUT2D eigenvalue weighted by Crippen LogP contribution is -2.39. The van der Waals surface area contributed by atoms with E-state index in [9.17, 15) is 8.42 Å². The molecular formula is C7H16N2O2S. The molecule has 0 aromatic carbocycles. The molecule has 0 aromatic heterocycles. The van der Waals surface area contributed by atoms with Crippen LogP contribution in [0.3, 0.4) is 0 Å². The minimum atomic E-state index is -2.71. The van der Waals surface area contributed by atoms with Crippen molar-refractivity contribution in [2.24, 2.45) is 5.73 Å². The van der Waals surface area contributed by atoms with Crippen LogP contribution < -0.4 is 11.1 Å². The molecule has 0 bridgehead atoms. The maximum Gasteiger partial charge on any atom is 0.150 e. The van der Waals surface area contributed by atoms with Crippen molar-refractivity contribution in [3.05, 3.63) is 0 Å². The fraction of sp³-hybridized carbons (Fsp3) is 1.00. The van der Waals surface area contributed by atoms with Gasteiger partial charge in [-0.3, -0.25) is 0 Å². The van der Waals surface area contributed by atoms with Gasteiger partial charge in [-0.25, -0.2) is 8.42 Å². The van der Waals surface area contributed by atoms with Crippen molar-refractivity contribution in [3.63, 3.8) is 0 Å². The first kappa shape index (κ1) is 9.95. The fourth-order valence-electron chi connectivity index (χ4n) is 1.38. The third-order valence-corrected chi connectivity index (χ3v) is 3.85. The van der Waals surface area contributed by atoms with E-state index in [0.717, 1.165) is 19.4 Å². The Labute approximate surface area is 73.4 Å². The van der Waals surface area contributed by atoms with Gasteiger partial charge in [0.15, 0.2) is 0 Å². The maximum atomic E-state index is 11.0. The Hall–Kier alpha value is -0.130. The van der Waals surface area contributed by atoms with Gasteiger partial charge in [0, 0.05) is 19.1 Å². The molecule has 0 radical (unpaired) electrons. The average molecular weight is 192 g/mol. The molecule has 12 heavy (non-hydrogen) atoms. The fourth-order valence-corrected chi connectivity index (χ4v) is 2.87. The summed E-state index contributed by atoms with van der Waals surface area (Å²) in [4.78, 5) is 0. The van der Waals surface area contributed by atoms with E-state index in [2.05, 4.69) is 5.32 Å². The molecule has 1 aliphatic rings. The van der Waals surface area contributed by atoms with Crippen molar-refractivity contribution in [2.75, 3.05) is 24.6 Å². The molecule has 1 saturated heterocycles. The number of hydrogen-bond donors (Lipinski definition) is 2. The Kier molecular flexibility index (Phi) is 3.49. The summed E-state index contributed by atoms with van der Waals surface area (Å²) in [5.41, 5.74) is 5.32. The van der Waals surface area contributed by atoms with Gasteiger partial charge in [0.1, 0.15) is 9.84 Å². The second kappa shape index (κ2) is 4.20. The van der Waals surface area contributed by atoms with Crippen molar-refractivity contribution >= 4 is 9.84 Å². The van der Waals surface area contributed by atoms with Crippen LogP contribution >= 0.6 is 0 Å². The van der Waals surface area contributed by atoms with Gasteiger partial charge in [-0.2, -0.15) is 0 Å². The number of rotatable bonds is 3. The predicted molar refractivity (Wildman–Crippen MR) is 48.7 cm³/mol. The Morgan fingerprint density at radius 3 is 2.42 bits per heavy atom. The maximum absolute atomic E-state index is 11.0. The number of hydrogen-bond acceptors (Lipinski definition) is 4. The van der Waals surface area contributed by atoms with E-state index in [1.54, 1.807) is 0 Å². The Bertz CT molecular complexity index is 212. The van der Waals surface area contributed by atoms with E-state index in [1.165, 1.54) is 0 Å². The van der Waals surface area contributed by atoms with Gasteiger partial charge in [-0.1, -0.05) is 0 Å². The summed E-state index contributed by atoms with van der Waals surface area (Å²) in [6, 6.07) is 0.358. The summed E-state index contributed by atoms with van der Waals surface area (Å²) in [5.74, 6) is 0.657. The van der Waals surface area contributed by atoms with Gasteiger partial charge in [-0.05, 0) is 12.8 Å². The third-order valence-electron chi connectivity index (χ3n) is 2.13. The van der Waals surface area contributed by atoms with Crippen LogP contribution in [0.5, 0.6) is 0 Å². The van der Waals surface area contributed by atoms with Crippen LogP contribution in [0.1, 0.15) is 12.8 Å². The molecule has 4 nitrogen and oxygen atoms in total. The summed E-state index contributed by atoms with van der Waals surface area (Å²) in [7, 11) is -2.71. The molecule has 0 spiro atoms. The highest BCUT2D eigenvalue weighted by Crippen LogP contribution is 2.11. The topological polar surface area (TPSA) is 72.2 Å². The van der Waals surface area contributed by atoms with Gasteiger partial charge in [0.2, 0.25) is 0 Å². The minimum Gasteiger partial charge on any atom is -0.329 e. The second-order valence-electron chi connectivity index (χ2n) is 3.17. The monoisotopic (exact) mass is 192 g/mol. The second-order valence-corrected chi connectivity index (χ2v) is 5.47. The lowest BCUT2D eigenvalue weighted by atomic mass is 10.1. The molecule has 0 amide bonds. The first-order chi connectivity index (χ1) is 5.64. The number of nitrogens with two attached hydrogens (primary N) is 1. The van der Waals surface area contributed by atoms with Crippen LogP contribution in [-0.2, 0) is 9.84 Å². The summed E-state index contributed by atoms with van der Waals surface area (Å²) in [6.07, 6.45) is 1.48. The van der Waals surface area contributed by atoms with Crippen molar-refractivity contribution in [3.8, 4) is 0 Å². The van der Waals surface area contributed by atoms with Crippen molar-refractivity contribution in [1.29, 1.82) is 0 Å². The highest BCUT2D eigenvalue weighted by molar-refractivity contribution is 7.91. The molecule has 1 heterocycles. The van der Waals surface area contributed by atoms with Crippen molar-refractivity contribution in [1.82, 2.24) is 5.32 Å². The quantitative estimate of drug-likeness (QED) is 0.608. The first-order valence-corrected chi connectivity index (χ1v) is 6.10. The van der Waals surface area contributed by atoms with E-state index < -0.39 is 9.84 Å². The molecule has 0 atom stereocenters. The molecule has 1 aliphatic heterocycles. The highest BCUT2D eigenvalue weighted by atomic mass is 32.2. The SMILES string of the molecule is NCCNC1CCS(=O)(=O)CC1. The zero-order chi connectivity index (χ0) is 9.03. The predicted octanol–water partition coefficient (Wildman–Crippen LogP) is -0.888. The lowest BCUT2D eigenvalue weighted by molar-refractivity contribution is 0.469. The van der Waals surface area contributed by atoms with Crippen molar-refractivity contribution in [2.45, 2.75) is 18.9 Å². The summed E-state index contributed by atoms with van der Waals surface area (Å²) in [5, 5.41) is 3.22. The van der Waals surface area contributed by atoms with E-state index in [4.69, 9.17) is 5.73 Å². The number of nitrogens with one attached hydrogen (secondary N) is 1. The van der Waals surface area contributed by atoms with Gasteiger partial charge in [0.05, 0.1) is 11.5 Å². The van der Waals surface area contributed by atoms with Crippen LogP contribution in [0.2, 0.25) is 0 Å². The molecule has 5 heteroatoms. The van der Waals surface area contributed by atoms with E-state index in [1.807, 2.05) is 0 Å². The van der Waals surface area contributed by atoms with Gasteiger partial charge >= 0.3 is 0 Å². The van der Waals surface area contributed by atoms with Crippen LogP contribution in [0.4, 0.5) is 0 Å². The minimum absolute atomic E-state index is 0.329. The summed E-state index contributed by atoms with van der Waals surface area (Å²) in [6.45, 7) is 1.40.